The number of pyridine rings is 1. The maximum Gasteiger partial charge on any atom is 0.411 e. The SMILES string of the molecule is CCCCCS(=O)(=O)NC(=O)c1ccc2nc(C)n(Cc3ccc(N(C)C(=O)O)cc3Cl)c2n1. The van der Waals surface area contributed by atoms with E-state index in [4.69, 9.17) is 16.7 Å². The Labute approximate surface area is 202 Å². The molecule has 2 aromatic heterocycles. The molecule has 0 fully saturated rings. The molecule has 34 heavy (non-hydrogen) atoms. The van der Waals surface area contributed by atoms with E-state index in [1.807, 2.05) is 6.92 Å². The number of unbranched alkanes of at least 4 members (excludes halogenated alkanes) is 2. The predicted octanol–water partition coefficient (Wildman–Crippen LogP) is 3.81. The molecule has 0 unspecified atom stereocenters. The lowest BCUT2D eigenvalue weighted by Crippen LogP contribution is -2.33. The van der Waals surface area contributed by atoms with Crippen molar-refractivity contribution >= 4 is 50.5 Å². The third kappa shape index (κ3) is 5.84. The van der Waals surface area contributed by atoms with Crippen LogP contribution in [0.25, 0.3) is 11.2 Å². The highest BCUT2D eigenvalue weighted by molar-refractivity contribution is 7.90. The molecule has 0 aliphatic carbocycles. The molecule has 3 rings (SSSR count). The first-order chi connectivity index (χ1) is 16.0. The van der Waals surface area contributed by atoms with Crippen molar-refractivity contribution in [2.75, 3.05) is 17.7 Å². The molecule has 0 spiro atoms. The smallest absolute Gasteiger partial charge is 0.411 e. The number of hydrogen-bond acceptors (Lipinski definition) is 6. The maximum atomic E-state index is 12.6. The Kier molecular flexibility index (Phi) is 7.78. The third-order valence-electron chi connectivity index (χ3n) is 5.32. The van der Waals surface area contributed by atoms with Crippen LogP contribution in [0.15, 0.2) is 30.3 Å². The first-order valence-corrected chi connectivity index (χ1v) is 12.7. The fourth-order valence-electron chi connectivity index (χ4n) is 3.37. The Morgan fingerprint density at radius 3 is 2.56 bits per heavy atom. The topological polar surface area (TPSA) is 134 Å². The van der Waals surface area contributed by atoms with Gasteiger partial charge in [-0.3, -0.25) is 9.69 Å². The number of amides is 2. The molecule has 0 atom stereocenters. The molecule has 3 aromatic rings. The second-order valence-electron chi connectivity index (χ2n) is 7.86. The quantitative estimate of drug-likeness (QED) is 0.420. The molecular weight excluding hydrogens is 482 g/mol. The van der Waals surface area contributed by atoms with E-state index < -0.39 is 22.0 Å². The lowest BCUT2D eigenvalue weighted by molar-refractivity contribution is 0.0976. The van der Waals surface area contributed by atoms with Crippen molar-refractivity contribution in [3.63, 3.8) is 0 Å². The largest absolute Gasteiger partial charge is 0.465 e. The van der Waals surface area contributed by atoms with Gasteiger partial charge in [0.05, 0.1) is 12.3 Å². The number of nitrogens with one attached hydrogen (secondary N) is 1. The van der Waals surface area contributed by atoms with Gasteiger partial charge in [0.15, 0.2) is 5.65 Å². The number of sulfonamides is 1. The molecule has 2 heterocycles. The minimum atomic E-state index is -3.76. The third-order valence-corrected chi connectivity index (χ3v) is 6.99. The van der Waals surface area contributed by atoms with Gasteiger partial charge in [-0.2, -0.15) is 0 Å². The molecule has 0 bridgehead atoms. The maximum absolute atomic E-state index is 12.6. The van der Waals surface area contributed by atoms with Crippen LogP contribution in [0.3, 0.4) is 0 Å². The van der Waals surface area contributed by atoms with Crippen LogP contribution in [-0.2, 0) is 16.6 Å². The number of hydrogen-bond donors (Lipinski definition) is 2. The molecule has 1 aromatic carbocycles. The van der Waals surface area contributed by atoms with Gasteiger partial charge in [-0.05, 0) is 43.2 Å². The molecule has 2 amide bonds. The van der Waals surface area contributed by atoms with Crippen molar-refractivity contribution in [3.05, 3.63) is 52.4 Å². The fourth-order valence-corrected chi connectivity index (χ4v) is 4.68. The number of carbonyl (C=O) groups excluding carboxylic acids is 1. The van der Waals surface area contributed by atoms with Crippen molar-refractivity contribution in [1.29, 1.82) is 0 Å². The summed E-state index contributed by atoms with van der Waals surface area (Å²) < 4.78 is 28.2. The van der Waals surface area contributed by atoms with E-state index in [-0.39, 0.29) is 18.0 Å². The lowest BCUT2D eigenvalue weighted by Gasteiger charge is -2.15. The van der Waals surface area contributed by atoms with E-state index >= 15 is 0 Å². The van der Waals surface area contributed by atoms with Gasteiger partial charge in [-0.25, -0.2) is 27.9 Å². The minimum Gasteiger partial charge on any atom is -0.465 e. The molecule has 10 nitrogen and oxygen atoms in total. The van der Waals surface area contributed by atoms with Gasteiger partial charge in [0.25, 0.3) is 5.91 Å². The number of aromatic nitrogens is 3. The van der Waals surface area contributed by atoms with E-state index in [1.54, 1.807) is 35.8 Å². The summed E-state index contributed by atoms with van der Waals surface area (Å²) in [5, 5.41) is 9.51. The summed E-state index contributed by atoms with van der Waals surface area (Å²) in [4.78, 5) is 33.6. The zero-order valence-electron chi connectivity index (χ0n) is 19.1. The van der Waals surface area contributed by atoms with Gasteiger partial charge >= 0.3 is 6.09 Å². The standard InChI is InChI=1S/C22H26ClN5O5S/c1-4-5-6-11-34(32,33)26-21(29)19-10-9-18-20(25-19)28(14(2)24-18)13-15-7-8-16(12-17(15)23)27(3)22(30)31/h7-10,12H,4-6,11,13H2,1-3H3,(H,26,29)(H,30,31). The average molecular weight is 508 g/mol. The first kappa shape index (κ1) is 25.4. The number of fused-ring (bicyclic) bond motifs is 1. The van der Waals surface area contributed by atoms with Crippen LogP contribution < -0.4 is 9.62 Å². The van der Waals surface area contributed by atoms with E-state index in [0.29, 0.717) is 39.7 Å². The molecule has 2 N–H and O–H groups in total. The van der Waals surface area contributed by atoms with Gasteiger partial charge in [-0.1, -0.05) is 37.4 Å². The summed E-state index contributed by atoms with van der Waals surface area (Å²) >= 11 is 6.40. The van der Waals surface area contributed by atoms with Crippen LogP contribution in [0, 0.1) is 6.92 Å². The Morgan fingerprint density at radius 1 is 1.18 bits per heavy atom. The normalized spacial score (nSPS) is 11.5. The van der Waals surface area contributed by atoms with Crippen LogP contribution in [0.1, 0.15) is 48.1 Å². The Morgan fingerprint density at radius 2 is 1.91 bits per heavy atom. The summed E-state index contributed by atoms with van der Waals surface area (Å²) in [5.41, 5.74) is 2.01. The number of carbonyl (C=O) groups is 2. The lowest BCUT2D eigenvalue weighted by atomic mass is 10.2. The number of imidazole rings is 1. The number of halogens is 1. The highest BCUT2D eigenvalue weighted by Crippen LogP contribution is 2.26. The second kappa shape index (κ2) is 10.4. The van der Waals surface area contributed by atoms with Gasteiger partial charge < -0.3 is 9.67 Å². The molecule has 0 aliphatic rings. The van der Waals surface area contributed by atoms with Crippen LogP contribution in [0.4, 0.5) is 10.5 Å². The Bertz CT molecular complexity index is 1340. The van der Waals surface area contributed by atoms with E-state index in [2.05, 4.69) is 14.7 Å². The monoisotopic (exact) mass is 507 g/mol. The van der Waals surface area contributed by atoms with Crippen molar-refractivity contribution in [3.8, 4) is 0 Å². The van der Waals surface area contributed by atoms with Crippen LogP contribution in [-0.4, -0.2) is 52.9 Å². The van der Waals surface area contributed by atoms with E-state index in [0.717, 1.165) is 17.7 Å². The van der Waals surface area contributed by atoms with Crippen LogP contribution >= 0.6 is 11.6 Å². The minimum absolute atomic E-state index is 0.0442. The highest BCUT2D eigenvalue weighted by Gasteiger charge is 2.19. The summed E-state index contributed by atoms with van der Waals surface area (Å²) in [7, 11) is -2.34. The zero-order valence-corrected chi connectivity index (χ0v) is 20.6. The number of anilines is 1. The molecule has 0 aliphatic heterocycles. The summed E-state index contributed by atoms with van der Waals surface area (Å²) in [6.07, 6.45) is 0.990. The van der Waals surface area contributed by atoms with Crippen LogP contribution in [0.5, 0.6) is 0 Å². The molecule has 0 saturated carbocycles. The number of aryl methyl sites for hydroxylation is 1. The van der Waals surface area contributed by atoms with Crippen molar-refractivity contribution < 1.29 is 23.1 Å². The van der Waals surface area contributed by atoms with Gasteiger partial charge in [0.2, 0.25) is 10.0 Å². The van der Waals surface area contributed by atoms with Gasteiger partial charge in [0, 0.05) is 17.8 Å². The predicted molar refractivity (Wildman–Crippen MR) is 130 cm³/mol. The van der Waals surface area contributed by atoms with Crippen molar-refractivity contribution in [2.45, 2.75) is 39.7 Å². The number of rotatable bonds is 9. The van der Waals surface area contributed by atoms with E-state index in [9.17, 15) is 18.0 Å². The fraction of sp³-hybridized carbons (Fsp3) is 0.364. The highest BCUT2D eigenvalue weighted by atomic mass is 35.5. The molecule has 0 saturated heterocycles. The van der Waals surface area contributed by atoms with Crippen molar-refractivity contribution in [2.24, 2.45) is 0 Å². The number of nitrogens with zero attached hydrogens (tertiary/aromatic N) is 4. The first-order valence-electron chi connectivity index (χ1n) is 10.7. The molecule has 182 valence electrons. The summed E-state index contributed by atoms with van der Waals surface area (Å²) in [6.45, 7) is 4.01. The number of benzene rings is 1. The van der Waals surface area contributed by atoms with Gasteiger partial charge in [0.1, 0.15) is 17.0 Å². The molecule has 12 heteroatoms. The molecular formula is C22H26ClN5O5S. The van der Waals surface area contributed by atoms with Crippen LogP contribution in [0.2, 0.25) is 5.02 Å². The Balaban J connectivity index is 1.87. The average Bonchev–Trinajstić information content (AvgIpc) is 3.08. The van der Waals surface area contributed by atoms with Gasteiger partial charge in [-0.15, -0.1) is 0 Å². The summed E-state index contributed by atoms with van der Waals surface area (Å²) in [5.74, 6) is -0.310. The Hall–Kier alpha value is -3.18. The second-order valence-corrected chi connectivity index (χ2v) is 10.1. The van der Waals surface area contributed by atoms with Crippen molar-refractivity contribution in [1.82, 2.24) is 19.3 Å². The molecule has 0 radical (unpaired) electrons. The summed E-state index contributed by atoms with van der Waals surface area (Å²) in [6, 6.07) is 7.94. The zero-order chi connectivity index (χ0) is 25.0. The number of carboxylic acid groups (broad SMARTS) is 1. The van der Waals surface area contributed by atoms with E-state index in [1.165, 1.54) is 13.1 Å².